The van der Waals surface area contributed by atoms with Crippen LogP contribution < -0.4 is 16.4 Å². The fourth-order valence-corrected chi connectivity index (χ4v) is 2.43. The topological polar surface area (TPSA) is 159 Å². The molecular formula is C16H24N4O6. The van der Waals surface area contributed by atoms with E-state index in [4.69, 9.17) is 10.8 Å². The number of primary amides is 1. The maximum Gasteiger partial charge on any atom is 0.326 e. The lowest BCUT2D eigenvalue weighted by Gasteiger charge is -2.15. The van der Waals surface area contributed by atoms with Gasteiger partial charge in [-0.1, -0.05) is 6.42 Å². The summed E-state index contributed by atoms with van der Waals surface area (Å²) in [7, 11) is 0. The van der Waals surface area contributed by atoms with Crippen molar-refractivity contribution in [1.82, 2.24) is 15.5 Å². The van der Waals surface area contributed by atoms with E-state index in [2.05, 4.69) is 10.6 Å². The maximum atomic E-state index is 11.8. The smallest absolute Gasteiger partial charge is 0.326 e. The molecule has 1 aliphatic rings. The molecule has 5 N–H and O–H groups in total. The summed E-state index contributed by atoms with van der Waals surface area (Å²) in [6.07, 6.45) is 4.87. The Bertz CT molecular complexity index is 571. The van der Waals surface area contributed by atoms with Crippen molar-refractivity contribution in [2.75, 3.05) is 13.1 Å². The average molecular weight is 368 g/mol. The zero-order valence-electron chi connectivity index (χ0n) is 14.4. The Morgan fingerprint density at radius 2 is 1.73 bits per heavy atom. The standard InChI is InChI=1S/C16H24N4O6/c17-16(26)18-9-4-5-11(15(24)25)19-12(21)6-2-1-3-10-20-13(22)7-8-14(20)23/h7-8,11H,1-6,9-10H2,(H,19,21)(H,24,25)(H3,17,18,26)/t11-/m0/s1. The highest BCUT2D eigenvalue weighted by atomic mass is 16.4. The van der Waals surface area contributed by atoms with E-state index in [0.717, 1.165) is 4.90 Å². The first-order valence-corrected chi connectivity index (χ1v) is 8.40. The summed E-state index contributed by atoms with van der Waals surface area (Å²) >= 11 is 0. The fraction of sp³-hybridized carbons (Fsp3) is 0.562. The highest BCUT2D eigenvalue weighted by Crippen LogP contribution is 2.08. The molecule has 0 fully saturated rings. The number of hydrogen-bond donors (Lipinski definition) is 4. The van der Waals surface area contributed by atoms with E-state index in [1.807, 2.05) is 0 Å². The molecule has 1 atom stereocenters. The summed E-state index contributed by atoms with van der Waals surface area (Å²) in [5.41, 5.74) is 4.90. The highest BCUT2D eigenvalue weighted by molar-refractivity contribution is 6.12. The van der Waals surface area contributed by atoms with Crippen LogP contribution in [-0.2, 0) is 19.2 Å². The van der Waals surface area contributed by atoms with Crippen LogP contribution in [0.5, 0.6) is 0 Å². The van der Waals surface area contributed by atoms with Gasteiger partial charge in [-0.25, -0.2) is 9.59 Å². The SMILES string of the molecule is NC(=O)NCCC[C@H](NC(=O)CCCCCN1C(=O)C=CC1=O)C(=O)O. The monoisotopic (exact) mass is 368 g/mol. The Balaban J connectivity index is 2.18. The molecule has 1 aliphatic heterocycles. The summed E-state index contributed by atoms with van der Waals surface area (Å²) < 4.78 is 0. The number of imide groups is 1. The number of carboxylic acids is 1. The molecule has 0 bridgehead atoms. The van der Waals surface area contributed by atoms with E-state index in [-0.39, 0.29) is 37.1 Å². The lowest BCUT2D eigenvalue weighted by atomic mass is 10.1. The van der Waals surface area contributed by atoms with Gasteiger partial charge in [0.05, 0.1) is 0 Å². The Kier molecular flexibility index (Phi) is 8.82. The first kappa shape index (κ1) is 21.1. The number of amides is 5. The number of unbranched alkanes of at least 4 members (excludes halogenated alkanes) is 2. The molecule has 0 aliphatic carbocycles. The van der Waals surface area contributed by atoms with Crippen molar-refractivity contribution in [2.45, 2.75) is 44.6 Å². The summed E-state index contributed by atoms with van der Waals surface area (Å²) in [5.74, 6) is -2.18. The zero-order chi connectivity index (χ0) is 19.5. The lowest BCUT2D eigenvalue weighted by Crippen LogP contribution is -2.41. The van der Waals surface area contributed by atoms with Crippen molar-refractivity contribution in [3.05, 3.63) is 12.2 Å². The van der Waals surface area contributed by atoms with Gasteiger partial charge in [0.25, 0.3) is 11.8 Å². The largest absolute Gasteiger partial charge is 0.480 e. The highest BCUT2D eigenvalue weighted by Gasteiger charge is 2.22. The molecule has 26 heavy (non-hydrogen) atoms. The summed E-state index contributed by atoms with van der Waals surface area (Å²) in [5, 5.41) is 13.9. The molecule has 0 aromatic carbocycles. The van der Waals surface area contributed by atoms with Gasteiger partial charge < -0.3 is 21.5 Å². The second kappa shape index (κ2) is 10.9. The van der Waals surface area contributed by atoms with E-state index in [0.29, 0.717) is 32.2 Å². The van der Waals surface area contributed by atoms with Gasteiger partial charge in [-0.05, 0) is 25.7 Å². The quantitative estimate of drug-likeness (QED) is 0.268. The molecule has 10 heteroatoms. The molecule has 0 radical (unpaired) electrons. The molecule has 1 heterocycles. The second-order valence-electron chi connectivity index (χ2n) is 5.86. The normalized spacial score (nSPS) is 14.4. The number of hydrogen-bond acceptors (Lipinski definition) is 5. The van der Waals surface area contributed by atoms with Crippen LogP contribution in [0.1, 0.15) is 38.5 Å². The molecular weight excluding hydrogens is 344 g/mol. The molecule has 0 unspecified atom stereocenters. The van der Waals surface area contributed by atoms with Crippen molar-refractivity contribution < 1.29 is 29.1 Å². The van der Waals surface area contributed by atoms with Crippen LogP contribution >= 0.6 is 0 Å². The molecule has 0 aromatic heterocycles. The Labute approximate surface area is 150 Å². The number of rotatable bonds is 12. The van der Waals surface area contributed by atoms with Gasteiger partial charge in [0.2, 0.25) is 5.91 Å². The minimum atomic E-state index is -1.14. The molecule has 1 rings (SSSR count). The Morgan fingerprint density at radius 3 is 2.31 bits per heavy atom. The van der Waals surface area contributed by atoms with Crippen LogP contribution in [0.2, 0.25) is 0 Å². The number of nitrogens with zero attached hydrogens (tertiary/aromatic N) is 1. The third-order valence-electron chi connectivity index (χ3n) is 3.79. The molecule has 0 saturated heterocycles. The van der Waals surface area contributed by atoms with Crippen LogP contribution in [0.3, 0.4) is 0 Å². The first-order valence-electron chi connectivity index (χ1n) is 8.40. The van der Waals surface area contributed by atoms with Crippen molar-refractivity contribution in [2.24, 2.45) is 5.73 Å². The number of urea groups is 1. The Morgan fingerprint density at radius 1 is 1.08 bits per heavy atom. The third kappa shape index (κ3) is 7.77. The molecule has 144 valence electrons. The number of nitrogens with two attached hydrogens (primary N) is 1. The van der Waals surface area contributed by atoms with E-state index >= 15 is 0 Å². The number of aliphatic carboxylic acids is 1. The van der Waals surface area contributed by atoms with Crippen molar-refractivity contribution >= 4 is 29.7 Å². The minimum absolute atomic E-state index is 0.156. The summed E-state index contributed by atoms with van der Waals surface area (Å²) in [4.78, 5) is 57.4. The van der Waals surface area contributed by atoms with E-state index < -0.39 is 18.0 Å². The van der Waals surface area contributed by atoms with Gasteiger partial charge in [-0.15, -0.1) is 0 Å². The van der Waals surface area contributed by atoms with E-state index in [1.165, 1.54) is 12.2 Å². The predicted molar refractivity (Wildman–Crippen MR) is 90.7 cm³/mol. The number of carbonyl (C=O) groups excluding carboxylic acids is 4. The second-order valence-corrected chi connectivity index (χ2v) is 5.86. The summed E-state index contributed by atoms with van der Waals surface area (Å²) in [6.45, 7) is 0.536. The van der Waals surface area contributed by atoms with Crippen molar-refractivity contribution in [1.29, 1.82) is 0 Å². The Hall–Kier alpha value is -2.91. The zero-order valence-corrected chi connectivity index (χ0v) is 14.4. The van der Waals surface area contributed by atoms with Crippen LogP contribution in [-0.4, -0.2) is 58.9 Å². The van der Waals surface area contributed by atoms with Crippen LogP contribution in [0.4, 0.5) is 4.79 Å². The van der Waals surface area contributed by atoms with Gasteiger partial charge in [-0.2, -0.15) is 0 Å². The van der Waals surface area contributed by atoms with Gasteiger partial charge in [0.1, 0.15) is 6.04 Å². The number of carbonyl (C=O) groups is 5. The first-order chi connectivity index (χ1) is 12.3. The molecule has 0 spiro atoms. The molecule has 5 amide bonds. The van der Waals surface area contributed by atoms with E-state index in [9.17, 15) is 24.0 Å². The van der Waals surface area contributed by atoms with Crippen molar-refractivity contribution in [3.8, 4) is 0 Å². The fourth-order valence-electron chi connectivity index (χ4n) is 2.43. The van der Waals surface area contributed by atoms with Crippen LogP contribution in [0.25, 0.3) is 0 Å². The number of carboxylic acid groups (broad SMARTS) is 1. The minimum Gasteiger partial charge on any atom is -0.480 e. The van der Waals surface area contributed by atoms with E-state index in [1.54, 1.807) is 0 Å². The lowest BCUT2D eigenvalue weighted by molar-refractivity contribution is -0.142. The van der Waals surface area contributed by atoms with Crippen LogP contribution in [0.15, 0.2) is 12.2 Å². The van der Waals surface area contributed by atoms with Gasteiger partial charge in [0, 0.05) is 31.7 Å². The van der Waals surface area contributed by atoms with Gasteiger partial charge >= 0.3 is 12.0 Å². The van der Waals surface area contributed by atoms with Gasteiger partial charge in [0.15, 0.2) is 0 Å². The average Bonchev–Trinajstić information content (AvgIpc) is 2.88. The van der Waals surface area contributed by atoms with Gasteiger partial charge in [-0.3, -0.25) is 19.3 Å². The van der Waals surface area contributed by atoms with Crippen LogP contribution in [0, 0.1) is 0 Å². The molecule has 0 aromatic rings. The predicted octanol–water partition coefficient (Wildman–Crippen LogP) is -0.510. The summed E-state index contributed by atoms with van der Waals surface area (Å²) in [6, 6.07) is -1.71. The molecule has 0 saturated carbocycles. The third-order valence-corrected chi connectivity index (χ3v) is 3.79. The molecule has 10 nitrogen and oxygen atoms in total. The maximum absolute atomic E-state index is 11.8. The van der Waals surface area contributed by atoms with Crippen molar-refractivity contribution in [3.63, 3.8) is 0 Å². The number of nitrogens with one attached hydrogen (secondary N) is 2.